The summed E-state index contributed by atoms with van der Waals surface area (Å²) in [6.07, 6.45) is 6.17. The second-order valence-corrected chi connectivity index (χ2v) is 8.44. The summed E-state index contributed by atoms with van der Waals surface area (Å²) >= 11 is 0. The van der Waals surface area contributed by atoms with Crippen LogP contribution in [0.2, 0.25) is 0 Å². The molecule has 4 aromatic heterocycles. The number of pyridine rings is 2. The second-order valence-electron chi connectivity index (χ2n) is 8.44. The van der Waals surface area contributed by atoms with Gasteiger partial charge in [0.05, 0.1) is 23.5 Å². The molecule has 1 amide bonds. The van der Waals surface area contributed by atoms with Crippen molar-refractivity contribution < 1.29 is 9.90 Å². The zero-order valence-corrected chi connectivity index (χ0v) is 18.8. The largest absolute Gasteiger partial charge is 0.465 e. The van der Waals surface area contributed by atoms with Crippen LogP contribution in [0.3, 0.4) is 0 Å². The van der Waals surface area contributed by atoms with Crippen molar-refractivity contribution >= 4 is 17.4 Å². The number of anilines is 1. The predicted octanol–water partition coefficient (Wildman–Crippen LogP) is 2.91. The molecule has 4 aromatic rings. The van der Waals surface area contributed by atoms with Gasteiger partial charge in [0.2, 0.25) is 0 Å². The van der Waals surface area contributed by atoms with E-state index in [-0.39, 0.29) is 6.04 Å². The molecular formula is C23H23N9O2. The van der Waals surface area contributed by atoms with Gasteiger partial charge in [-0.2, -0.15) is 10.4 Å². The quantitative estimate of drug-likeness (QED) is 0.495. The highest BCUT2D eigenvalue weighted by atomic mass is 16.4. The first-order chi connectivity index (χ1) is 16.4. The van der Waals surface area contributed by atoms with Crippen molar-refractivity contribution in [2.24, 2.45) is 0 Å². The summed E-state index contributed by atoms with van der Waals surface area (Å²) in [7, 11) is 0. The minimum absolute atomic E-state index is 0.188. The Bertz CT molecular complexity index is 1390. The molecule has 34 heavy (non-hydrogen) atoms. The first kappa shape index (κ1) is 21.4. The molecule has 1 aliphatic heterocycles. The van der Waals surface area contributed by atoms with E-state index in [1.54, 1.807) is 21.6 Å². The van der Waals surface area contributed by atoms with Gasteiger partial charge in [-0.3, -0.25) is 0 Å². The molecule has 0 saturated carbocycles. The van der Waals surface area contributed by atoms with Crippen LogP contribution in [-0.2, 0) is 0 Å². The fraction of sp³-hybridized carbons (Fsp3) is 0.304. The Morgan fingerprint density at radius 2 is 1.91 bits per heavy atom. The van der Waals surface area contributed by atoms with E-state index in [0.29, 0.717) is 43.0 Å². The van der Waals surface area contributed by atoms with Crippen molar-refractivity contribution in [1.82, 2.24) is 34.5 Å². The van der Waals surface area contributed by atoms with Gasteiger partial charge in [-0.05, 0) is 32.0 Å². The molecule has 1 saturated heterocycles. The van der Waals surface area contributed by atoms with Crippen LogP contribution in [0.15, 0.2) is 43.0 Å². The maximum atomic E-state index is 11.2. The average molecular weight is 457 g/mol. The Morgan fingerprint density at radius 1 is 1.12 bits per heavy atom. The van der Waals surface area contributed by atoms with Crippen LogP contribution < -0.4 is 4.90 Å². The van der Waals surface area contributed by atoms with E-state index in [0.717, 1.165) is 22.5 Å². The fourth-order valence-corrected chi connectivity index (χ4v) is 4.08. The van der Waals surface area contributed by atoms with E-state index >= 15 is 0 Å². The van der Waals surface area contributed by atoms with Gasteiger partial charge in [-0.15, -0.1) is 5.10 Å². The van der Waals surface area contributed by atoms with Crippen LogP contribution in [0.4, 0.5) is 10.6 Å². The maximum absolute atomic E-state index is 11.2. The molecule has 1 aliphatic rings. The number of hydrogen-bond acceptors (Lipinski definition) is 7. The zero-order chi connectivity index (χ0) is 23.8. The lowest BCUT2D eigenvalue weighted by molar-refractivity contribution is 0.142. The third-order valence-electron chi connectivity index (χ3n) is 6.00. The lowest BCUT2D eigenvalue weighted by Gasteiger charge is -2.33. The number of nitriles is 1. The van der Waals surface area contributed by atoms with E-state index in [4.69, 9.17) is 5.11 Å². The number of piperazine rings is 1. The molecule has 0 aromatic carbocycles. The molecule has 172 valence electrons. The molecule has 0 bridgehead atoms. The number of hydrogen-bond donors (Lipinski definition) is 1. The Balaban J connectivity index is 1.51. The summed E-state index contributed by atoms with van der Waals surface area (Å²) < 4.78 is 3.49. The summed E-state index contributed by atoms with van der Waals surface area (Å²) in [6.45, 7) is 6.14. The van der Waals surface area contributed by atoms with Crippen molar-refractivity contribution in [3.63, 3.8) is 0 Å². The molecular weight excluding hydrogens is 434 g/mol. The van der Waals surface area contributed by atoms with Crippen LogP contribution in [0.25, 0.3) is 27.9 Å². The first-order valence-electron chi connectivity index (χ1n) is 11.0. The van der Waals surface area contributed by atoms with Gasteiger partial charge in [0, 0.05) is 61.3 Å². The summed E-state index contributed by atoms with van der Waals surface area (Å²) in [6, 6.07) is 8.27. The topological polar surface area (TPSA) is 128 Å². The third kappa shape index (κ3) is 3.79. The highest BCUT2D eigenvalue weighted by Gasteiger charge is 2.22. The third-order valence-corrected chi connectivity index (χ3v) is 6.00. The Labute approximate surface area is 195 Å². The van der Waals surface area contributed by atoms with Crippen LogP contribution in [0.5, 0.6) is 0 Å². The highest BCUT2D eigenvalue weighted by Crippen LogP contribution is 2.32. The van der Waals surface area contributed by atoms with Gasteiger partial charge >= 0.3 is 6.09 Å². The molecule has 0 unspecified atom stereocenters. The number of aromatic nitrogens is 6. The molecule has 0 spiro atoms. The highest BCUT2D eigenvalue weighted by molar-refractivity contribution is 5.87. The standard InChI is InChI=1S/C23H23N9O2/c1-15(2)31-14-20(27-28-31)17-9-19(22-18(10-24)12-26-32(22)13-17)16-3-4-21(25-11-16)29-5-7-30(8-6-29)23(33)34/h3-4,9,11-15H,5-8H2,1-2H3,(H,33,34). The van der Waals surface area contributed by atoms with Crippen molar-refractivity contribution in [1.29, 1.82) is 5.26 Å². The van der Waals surface area contributed by atoms with E-state index < -0.39 is 6.09 Å². The zero-order valence-electron chi connectivity index (χ0n) is 18.8. The number of carboxylic acid groups (broad SMARTS) is 1. The van der Waals surface area contributed by atoms with Gasteiger partial charge < -0.3 is 14.9 Å². The minimum Gasteiger partial charge on any atom is -0.465 e. The summed E-state index contributed by atoms with van der Waals surface area (Å²) in [5.41, 5.74) is 4.38. The monoisotopic (exact) mass is 457 g/mol. The molecule has 11 heteroatoms. The van der Waals surface area contributed by atoms with Crippen LogP contribution in [-0.4, -0.2) is 71.9 Å². The van der Waals surface area contributed by atoms with E-state index in [9.17, 15) is 10.1 Å². The molecule has 1 fully saturated rings. The van der Waals surface area contributed by atoms with Gasteiger partial charge in [-0.1, -0.05) is 5.21 Å². The van der Waals surface area contributed by atoms with E-state index in [1.807, 2.05) is 44.4 Å². The molecule has 0 aliphatic carbocycles. The van der Waals surface area contributed by atoms with Crippen molar-refractivity contribution in [3.05, 3.63) is 48.5 Å². The van der Waals surface area contributed by atoms with Crippen molar-refractivity contribution in [2.45, 2.75) is 19.9 Å². The number of amides is 1. The molecule has 0 atom stereocenters. The lowest BCUT2D eigenvalue weighted by Crippen LogP contribution is -2.48. The van der Waals surface area contributed by atoms with E-state index in [2.05, 4.69) is 31.4 Å². The van der Waals surface area contributed by atoms with Crippen LogP contribution in [0.1, 0.15) is 25.5 Å². The smallest absolute Gasteiger partial charge is 0.407 e. The average Bonchev–Trinajstić information content (AvgIpc) is 3.51. The Kier molecular flexibility index (Phi) is 5.33. The summed E-state index contributed by atoms with van der Waals surface area (Å²) in [5.74, 6) is 0.787. The lowest BCUT2D eigenvalue weighted by atomic mass is 10.0. The van der Waals surface area contributed by atoms with Gasteiger partial charge in [0.1, 0.15) is 17.6 Å². The minimum atomic E-state index is -0.894. The van der Waals surface area contributed by atoms with Gasteiger partial charge in [0.25, 0.3) is 0 Å². The number of carbonyl (C=O) groups is 1. The Morgan fingerprint density at radius 3 is 2.53 bits per heavy atom. The maximum Gasteiger partial charge on any atom is 0.407 e. The van der Waals surface area contributed by atoms with Crippen molar-refractivity contribution in [3.8, 4) is 28.5 Å². The predicted molar refractivity (Wildman–Crippen MR) is 124 cm³/mol. The first-order valence-corrected chi connectivity index (χ1v) is 11.0. The normalized spacial score (nSPS) is 14.1. The van der Waals surface area contributed by atoms with Crippen molar-refractivity contribution in [2.75, 3.05) is 31.1 Å². The molecule has 1 N–H and O–H groups in total. The number of fused-ring (bicyclic) bond motifs is 1. The summed E-state index contributed by atoms with van der Waals surface area (Å²) in [4.78, 5) is 19.3. The Hall–Kier alpha value is -4.46. The molecule has 11 nitrogen and oxygen atoms in total. The van der Waals surface area contributed by atoms with Crippen LogP contribution >= 0.6 is 0 Å². The summed E-state index contributed by atoms with van der Waals surface area (Å²) in [5, 5.41) is 31.7. The van der Waals surface area contributed by atoms with Gasteiger partial charge in [-0.25, -0.2) is 19.0 Å². The number of nitrogens with zero attached hydrogens (tertiary/aromatic N) is 9. The molecule has 0 radical (unpaired) electrons. The molecule has 5 rings (SSSR count). The number of rotatable bonds is 4. The second kappa shape index (κ2) is 8.47. The van der Waals surface area contributed by atoms with Gasteiger partial charge in [0.15, 0.2) is 0 Å². The van der Waals surface area contributed by atoms with E-state index in [1.165, 1.54) is 4.90 Å². The van der Waals surface area contributed by atoms with Crippen LogP contribution in [0, 0.1) is 11.3 Å². The SMILES string of the molecule is CC(C)n1cc(-c2cc(-c3ccc(N4CCN(C(=O)O)CC4)nc3)c3c(C#N)cnn3c2)nn1. The molecule has 5 heterocycles. The fourth-order valence-electron chi connectivity index (χ4n) is 4.08.